The number of anilines is 1. The molecule has 1 saturated carbocycles. The van der Waals surface area contributed by atoms with E-state index in [-0.39, 0.29) is 0 Å². The van der Waals surface area contributed by atoms with Crippen LogP contribution in [-0.2, 0) is 5.41 Å². The summed E-state index contributed by atoms with van der Waals surface area (Å²) in [6.07, 6.45) is 5.12. The fraction of sp³-hybridized carbons (Fsp3) is 0.625. The molecule has 2 heteroatoms. The third kappa shape index (κ3) is 2.69. The second kappa shape index (κ2) is 5.31. The zero-order chi connectivity index (χ0) is 13.2. The molecule has 0 bridgehead atoms. The maximum absolute atomic E-state index is 5.77. The lowest BCUT2D eigenvalue weighted by Gasteiger charge is -2.30. The summed E-state index contributed by atoms with van der Waals surface area (Å²) in [4.78, 5) is 2.54. The van der Waals surface area contributed by atoms with Crippen molar-refractivity contribution in [1.29, 1.82) is 0 Å². The summed E-state index contributed by atoms with van der Waals surface area (Å²) in [7, 11) is 2.27. The molecule has 0 heterocycles. The van der Waals surface area contributed by atoms with Crippen LogP contribution in [0.2, 0.25) is 0 Å². The van der Waals surface area contributed by atoms with Gasteiger partial charge in [0, 0.05) is 23.7 Å². The van der Waals surface area contributed by atoms with Crippen LogP contribution >= 0.6 is 0 Å². The van der Waals surface area contributed by atoms with E-state index in [0.29, 0.717) is 5.41 Å². The van der Waals surface area contributed by atoms with Crippen molar-refractivity contribution in [1.82, 2.24) is 4.90 Å². The highest BCUT2D eigenvalue weighted by Gasteiger charge is 2.45. The number of hydrogen-bond donors (Lipinski definition) is 1. The molecular formula is C16H26N2. The third-order valence-electron chi connectivity index (χ3n) is 4.49. The van der Waals surface area contributed by atoms with E-state index in [0.717, 1.165) is 11.7 Å². The largest absolute Gasteiger partial charge is 0.399 e. The molecule has 0 atom stereocenters. The van der Waals surface area contributed by atoms with Crippen molar-refractivity contribution in [2.24, 2.45) is 0 Å². The number of benzene rings is 1. The monoisotopic (exact) mass is 246 g/mol. The van der Waals surface area contributed by atoms with Crippen LogP contribution in [0.4, 0.5) is 5.69 Å². The van der Waals surface area contributed by atoms with Crippen molar-refractivity contribution < 1.29 is 0 Å². The van der Waals surface area contributed by atoms with Gasteiger partial charge in [0.25, 0.3) is 0 Å². The van der Waals surface area contributed by atoms with Crippen LogP contribution in [0.25, 0.3) is 0 Å². The summed E-state index contributed by atoms with van der Waals surface area (Å²) in [5, 5.41) is 0. The first kappa shape index (κ1) is 13.4. The third-order valence-corrected chi connectivity index (χ3v) is 4.49. The van der Waals surface area contributed by atoms with Crippen LogP contribution in [-0.4, -0.2) is 24.5 Å². The molecule has 1 aliphatic rings. The topological polar surface area (TPSA) is 29.3 Å². The molecule has 0 saturated heterocycles. The van der Waals surface area contributed by atoms with E-state index >= 15 is 0 Å². The predicted molar refractivity (Wildman–Crippen MR) is 78.8 cm³/mol. The highest BCUT2D eigenvalue weighted by molar-refractivity contribution is 5.43. The molecule has 2 N–H and O–H groups in total. The van der Waals surface area contributed by atoms with Gasteiger partial charge in [0.15, 0.2) is 0 Å². The van der Waals surface area contributed by atoms with Crippen molar-refractivity contribution >= 4 is 5.69 Å². The van der Waals surface area contributed by atoms with Crippen molar-refractivity contribution in [3.63, 3.8) is 0 Å². The van der Waals surface area contributed by atoms with Crippen molar-refractivity contribution in [2.45, 2.75) is 51.0 Å². The molecule has 1 fully saturated rings. The van der Waals surface area contributed by atoms with Gasteiger partial charge in [-0.05, 0) is 50.4 Å². The summed E-state index contributed by atoms with van der Waals surface area (Å²) >= 11 is 0. The van der Waals surface area contributed by atoms with Crippen molar-refractivity contribution in [3.05, 3.63) is 29.8 Å². The molecule has 1 aromatic rings. The van der Waals surface area contributed by atoms with Crippen LogP contribution < -0.4 is 5.73 Å². The average Bonchev–Trinajstić information content (AvgIpc) is 3.12. The number of nitrogens with two attached hydrogens (primary N) is 1. The van der Waals surface area contributed by atoms with Crippen LogP contribution in [0.15, 0.2) is 24.3 Å². The number of hydrogen-bond acceptors (Lipinski definition) is 2. The summed E-state index contributed by atoms with van der Waals surface area (Å²) in [6, 6.07) is 9.21. The van der Waals surface area contributed by atoms with Gasteiger partial charge in [-0.25, -0.2) is 0 Å². The van der Waals surface area contributed by atoms with Crippen molar-refractivity contribution in [3.8, 4) is 0 Å². The lowest BCUT2D eigenvalue weighted by Crippen LogP contribution is -2.37. The Morgan fingerprint density at radius 3 is 2.17 bits per heavy atom. The quantitative estimate of drug-likeness (QED) is 0.779. The molecule has 18 heavy (non-hydrogen) atoms. The van der Waals surface area contributed by atoms with Gasteiger partial charge in [0.1, 0.15) is 0 Å². The minimum absolute atomic E-state index is 0.408. The second-order valence-electron chi connectivity index (χ2n) is 5.79. The highest BCUT2D eigenvalue weighted by Crippen LogP contribution is 2.49. The van der Waals surface area contributed by atoms with Crippen LogP contribution in [0, 0.1) is 0 Å². The van der Waals surface area contributed by atoms with Crippen LogP contribution in [0.3, 0.4) is 0 Å². The molecule has 0 spiro atoms. The maximum Gasteiger partial charge on any atom is 0.0314 e. The molecule has 0 aromatic heterocycles. The van der Waals surface area contributed by atoms with E-state index in [1.54, 1.807) is 0 Å². The van der Waals surface area contributed by atoms with Gasteiger partial charge in [0.05, 0.1) is 0 Å². The van der Waals surface area contributed by atoms with Crippen LogP contribution in [0.1, 0.15) is 45.1 Å². The minimum Gasteiger partial charge on any atom is -0.399 e. The summed E-state index contributed by atoms with van der Waals surface area (Å²) in [6.45, 7) is 5.75. The molecule has 100 valence electrons. The van der Waals surface area contributed by atoms with E-state index in [1.165, 1.54) is 37.8 Å². The number of rotatable bonds is 6. The first-order chi connectivity index (χ1) is 8.61. The smallest absolute Gasteiger partial charge is 0.0314 e. The molecule has 0 unspecified atom stereocenters. The first-order valence-corrected chi connectivity index (χ1v) is 7.17. The molecule has 0 aliphatic heterocycles. The molecule has 1 aromatic carbocycles. The molecule has 1 aliphatic carbocycles. The Balaban J connectivity index is 2.06. The Hall–Kier alpha value is -1.02. The lowest BCUT2D eigenvalue weighted by molar-refractivity contribution is 0.210. The molecule has 2 rings (SSSR count). The number of nitrogens with zero attached hydrogens (tertiary/aromatic N) is 1. The van der Waals surface area contributed by atoms with Gasteiger partial charge in [-0.1, -0.05) is 26.0 Å². The Kier molecular flexibility index (Phi) is 3.96. The Morgan fingerprint density at radius 1 is 1.17 bits per heavy atom. The normalized spacial score (nSPS) is 17.4. The summed E-state index contributed by atoms with van der Waals surface area (Å²) < 4.78 is 0. The van der Waals surface area contributed by atoms with Gasteiger partial charge in [0.2, 0.25) is 0 Å². The fourth-order valence-corrected chi connectivity index (χ4v) is 3.04. The van der Waals surface area contributed by atoms with Gasteiger partial charge in [-0.15, -0.1) is 0 Å². The zero-order valence-corrected chi connectivity index (χ0v) is 11.9. The Labute approximate surface area is 111 Å². The highest BCUT2D eigenvalue weighted by atomic mass is 15.1. The molecule has 0 radical (unpaired) electrons. The van der Waals surface area contributed by atoms with E-state index in [9.17, 15) is 0 Å². The molecule has 2 nitrogen and oxygen atoms in total. The van der Waals surface area contributed by atoms with Gasteiger partial charge in [-0.3, -0.25) is 0 Å². The fourth-order valence-electron chi connectivity index (χ4n) is 3.04. The van der Waals surface area contributed by atoms with Gasteiger partial charge in [-0.2, -0.15) is 0 Å². The lowest BCUT2D eigenvalue weighted by atomic mass is 9.94. The van der Waals surface area contributed by atoms with Gasteiger partial charge >= 0.3 is 0 Å². The van der Waals surface area contributed by atoms with Crippen molar-refractivity contribution in [2.75, 3.05) is 19.3 Å². The number of nitrogen functional groups attached to an aromatic ring is 1. The van der Waals surface area contributed by atoms with E-state index in [2.05, 4.69) is 37.9 Å². The minimum atomic E-state index is 0.408. The summed E-state index contributed by atoms with van der Waals surface area (Å²) in [5.74, 6) is 0. The second-order valence-corrected chi connectivity index (χ2v) is 5.79. The van der Waals surface area contributed by atoms with E-state index in [1.807, 2.05) is 12.1 Å². The standard InChI is InChI=1S/C16H26N2/c1-4-15(5-2)18(3)12-16(10-11-16)13-6-8-14(17)9-7-13/h6-9,15H,4-5,10-12,17H2,1-3H3. The molecule has 0 amide bonds. The Morgan fingerprint density at radius 2 is 1.72 bits per heavy atom. The zero-order valence-electron chi connectivity index (χ0n) is 11.9. The summed E-state index contributed by atoms with van der Waals surface area (Å²) in [5.41, 5.74) is 8.51. The SMILES string of the molecule is CCC(CC)N(C)CC1(c2ccc(N)cc2)CC1. The van der Waals surface area contributed by atoms with E-state index < -0.39 is 0 Å². The van der Waals surface area contributed by atoms with E-state index in [4.69, 9.17) is 5.73 Å². The van der Waals surface area contributed by atoms with Crippen LogP contribution in [0.5, 0.6) is 0 Å². The number of likely N-dealkylation sites (N-methyl/N-ethyl adjacent to an activating group) is 1. The average molecular weight is 246 g/mol. The Bertz CT molecular complexity index is 375. The first-order valence-electron chi connectivity index (χ1n) is 7.17. The molecular weight excluding hydrogens is 220 g/mol. The predicted octanol–water partition coefficient (Wildman–Crippen LogP) is 3.42. The maximum atomic E-state index is 5.77. The van der Waals surface area contributed by atoms with Gasteiger partial charge < -0.3 is 10.6 Å².